The first-order valence-electron chi connectivity index (χ1n) is 11.9. The van der Waals surface area contributed by atoms with Gasteiger partial charge in [0.15, 0.2) is 5.82 Å². The molecule has 1 atom stereocenters. The maximum atomic E-state index is 11.6. The average Bonchev–Trinajstić information content (AvgIpc) is 2.90. The molecule has 198 valence electrons. The molecule has 3 aromatic rings. The van der Waals surface area contributed by atoms with Crippen molar-refractivity contribution in [3.05, 3.63) is 53.7 Å². The van der Waals surface area contributed by atoms with Gasteiger partial charge in [-0.25, -0.2) is 9.19 Å². The molecule has 10 nitrogen and oxygen atoms in total. The average molecular weight is 546 g/mol. The molecule has 2 heterocycles. The highest BCUT2D eigenvalue weighted by atomic mass is 35.5. The monoisotopic (exact) mass is 545 g/mol. The molecule has 2 aromatic carbocycles. The topological polar surface area (TPSA) is 106 Å². The van der Waals surface area contributed by atoms with Crippen molar-refractivity contribution in [3.63, 3.8) is 0 Å². The molecular formula is C25H32ClN7O3S. The second-order valence-corrected chi connectivity index (χ2v) is 10.4. The summed E-state index contributed by atoms with van der Waals surface area (Å²) >= 11 is 4.19. The maximum Gasteiger partial charge on any atom is 0.261 e. The van der Waals surface area contributed by atoms with E-state index in [9.17, 15) is 8.76 Å². The highest BCUT2D eigenvalue weighted by molar-refractivity contribution is 7.80. The Bertz CT molecular complexity index is 1250. The molecule has 0 amide bonds. The van der Waals surface area contributed by atoms with Gasteiger partial charge in [-0.3, -0.25) is 8.86 Å². The van der Waals surface area contributed by atoms with Gasteiger partial charge in [-0.15, -0.1) is 0 Å². The molecule has 4 rings (SSSR count). The minimum atomic E-state index is -2.18. The van der Waals surface area contributed by atoms with Crippen LogP contribution in [0, 0.1) is 0 Å². The van der Waals surface area contributed by atoms with Crippen LogP contribution in [0.2, 0.25) is 5.02 Å². The van der Waals surface area contributed by atoms with Crippen LogP contribution in [0.15, 0.2) is 48.7 Å². The molecule has 1 saturated heterocycles. The number of nitrogens with zero attached hydrogens (tertiary/aromatic N) is 5. The Labute approximate surface area is 225 Å². The first-order chi connectivity index (χ1) is 17.8. The van der Waals surface area contributed by atoms with E-state index in [-0.39, 0.29) is 0 Å². The van der Waals surface area contributed by atoms with Gasteiger partial charge in [0, 0.05) is 37.9 Å². The number of halogens is 1. The molecule has 0 aliphatic carbocycles. The molecule has 1 aromatic heterocycles. The molecule has 12 heteroatoms. The number of hydrogen-bond acceptors (Lipinski definition) is 8. The first kappa shape index (κ1) is 26.9. The van der Waals surface area contributed by atoms with E-state index >= 15 is 0 Å². The van der Waals surface area contributed by atoms with Crippen molar-refractivity contribution in [2.24, 2.45) is 0 Å². The molecule has 0 radical (unpaired) electrons. The van der Waals surface area contributed by atoms with Crippen molar-refractivity contribution in [1.29, 1.82) is 0 Å². The predicted molar refractivity (Wildman–Crippen MR) is 151 cm³/mol. The molecule has 0 bridgehead atoms. The minimum Gasteiger partial charge on any atom is -0.494 e. The highest BCUT2D eigenvalue weighted by Crippen LogP contribution is 2.34. The van der Waals surface area contributed by atoms with Crippen molar-refractivity contribution >= 4 is 57.4 Å². The molecule has 37 heavy (non-hydrogen) atoms. The van der Waals surface area contributed by atoms with Crippen molar-refractivity contribution in [2.45, 2.75) is 18.9 Å². The van der Waals surface area contributed by atoms with E-state index in [2.05, 4.69) is 50.6 Å². The summed E-state index contributed by atoms with van der Waals surface area (Å²) in [5, 5.41) is 6.66. The van der Waals surface area contributed by atoms with Crippen molar-refractivity contribution in [3.8, 4) is 5.75 Å². The molecule has 1 fully saturated rings. The quantitative estimate of drug-likeness (QED) is 0.329. The second-order valence-electron chi connectivity index (χ2n) is 8.95. The molecule has 1 aliphatic rings. The molecular weight excluding hydrogens is 514 g/mol. The van der Waals surface area contributed by atoms with Crippen LogP contribution in [0.5, 0.6) is 5.75 Å². The lowest BCUT2D eigenvalue weighted by atomic mass is 10.0. The fraction of sp³-hybridized carbons (Fsp3) is 0.360. The van der Waals surface area contributed by atoms with Gasteiger partial charge in [0.25, 0.3) is 11.3 Å². The third kappa shape index (κ3) is 6.42. The number of piperidine rings is 1. The number of benzene rings is 2. The smallest absolute Gasteiger partial charge is 0.261 e. The van der Waals surface area contributed by atoms with E-state index < -0.39 is 11.3 Å². The molecule has 0 saturated carbocycles. The summed E-state index contributed by atoms with van der Waals surface area (Å²) in [6, 6.07) is 13.7. The van der Waals surface area contributed by atoms with Crippen molar-refractivity contribution < 1.29 is 13.5 Å². The summed E-state index contributed by atoms with van der Waals surface area (Å²) in [4.78, 5) is 13.5. The molecule has 3 N–H and O–H groups in total. The van der Waals surface area contributed by atoms with Gasteiger partial charge in [-0.05, 0) is 51.2 Å². The van der Waals surface area contributed by atoms with Gasteiger partial charge in [0.05, 0.1) is 30.4 Å². The number of ether oxygens (including phenoxy) is 1. The fourth-order valence-electron chi connectivity index (χ4n) is 4.32. The van der Waals surface area contributed by atoms with Crippen LogP contribution in [0.1, 0.15) is 12.8 Å². The minimum absolute atomic E-state index is 0.302. The number of hydrogen-bond donors (Lipinski definition) is 3. The van der Waals surface area contributed by atoms with E-state index in [1.54, 1.807) is 25.3 Å². The number of nitrogens with one attached hydrogen (secondary N) is 2. The van der Waals surface area contributed by atoms with Crippen LogP contribution in [0.3, 0.4) is 0 Å². The lowest BCUT2D eigenvalue weighted by molar-refractivity contribution is 0.249. The van der Waals surface area contributed by atoms with E-state index in [1.165, 1.54) is 17.5 Å². The zero-order valence-corrected chi connectivity index (χ0v) is 22.9. The Morgan fingerprint density at radius 1 is 1.11 bits per heavy atom. The van der Waals surface area contributed by atoms with E-state index in [4.69, 9.17) is 16.3 Å². The van der Waals surface area contributed by atoms with Gasteiger partial charge in [0.1, 0.15) is 10.8 Å². The van der Waals surface area contributed by atoms with Crippen LogP contribution >= 0.6 is 11.6 Å². The Balaban J connectivity index is 1.52. The number of methoxy groups -OCH3 is 1. The van der Waals surface area contributed by atoms with Crippen LogP contribution in [-0.2, 0) is 11.3 Å². The molecule has 1 unspecified atom stereocenters. The van der Waals surface area contributed by atoms with Crippen LogP contribution in [-0.4, -0.2) is 71.0 Å². The molecule has 1 aliphatic heterocycles. The number of anilines is 6. The highest BCUT2D eigenvalue weighted by Gasteiger charge is 2.22. The SMILES string of the molecule is COc1cc(N2CCC(N(C)C)CC2)ccc1Nc1ncc(Cl)c(Nc2ccccc2N(C)S(=O)O)n1. The Kier molecular flexibility index (Phi) is 8.70. The van der Waals surface area contributed by atoms with Gasteiger partial charge < -0.3 is 25.2 Å². The van der Waals surface area contributed by atoms with Crippen LogP contribution in [0.4, 0.5) is 34.5 Å². The normalized spacial score (nSPS) is 14.9. The number of para-hydroxylation sites is 2. The van der Waals surface area contributed by atoms with Gasteiger partial charge in [-0.2, -0.15) is 4.98 Å². The Morgan fingerprint density at radius 2 is 1.84 bits per heavy atom. The zero-order valence-electron chi connectivity index (χ0n) is 21.3. The van der Waals surface area contributed by atoms with Crippen LogP contribution in [0.25, 0.3) is 0 Å². The summed E-state index contributed by atoms with van der Waals surface area (Å²) in [5.74, 6) is 1.35. The predicted octanol–water partition coefficient (Wildman–Crippen LogP) is 4.73. The standard InChI is InChI=1S/C25H32ClN7O3S/c1-31(2)17-11-13-33(14-12-17)18-9-10-21(23(15-18)36-4)29-25-27-16-19(26)24(30-25)28-20-7-5-6-8-22(20)32(3)37(34)35/h5-10,15-17H,11-14H2,1-4H3,(H,34,35)(H2,27,28,29,30). The van der Waals surface area contributed by atoms with Gasteiger partial charge in [0.2, 0.25) is 5.95 Å². The van der Waals surface area contributed by atoms with Gasteiger partial charge >= 0.3 is 0 Å². The maximum absolute atomic E-state index is 11.6. The van der Waals surface area contributed by atoms with Crippen molar-refractivity contribution in [2.75, 3.05) is 61.2 Å². The molecule has 0 spiro atoms. The lowest BCUT2D eigenvalue weighted by Crippen LogP contribution is -2.41. The lowest BCUT2D eigenvalue weighted by Gasteiger charge is -2.36. The summed E-state index contributed by atoms with van der Waals surface area (Å²) in [6.07, 6.45) is 3.74. The first-order valence-corrected chi connectivity index (χ1v) is 13.3. The Hall–Kier alpha value is -3.12. The van der Waals surface area contributed by atoms with E-state index in [0.29, 0.717) is 40.0 Å². The van der Waals surface area contributed by atoms with Gasteiger partial charge in [-0.1, -0.05) is 23.7 Å². The third-order valence-electron chi connectivity index (χ3n) is 6.47. The summed E-state index contributed by atoms with van der Waals surface area (Å²) in [5.41, 5.74) is 2.91. The third-order valence-corrected chi connectivity index (χ3v) is 7.41. The summed E-state index contributed by atoms with van der Waals surface area (Å²) < 4.78 is 28.0. The van der Waals surface area contributed by atoms with E-state index in [0.717, 1.165) is 37.3 Å². The number of rotatable bonds is 9. The van der Waals surface area contributed by atoms with Crippen molar-refractivity contribution in [1.82, 2.24) is 14.9 Å². The fourth-order valence-corrected chi connectivity index (χ4v) is 4.79. The zero-order chi connectivity index (χ0) is 26.5. The summed E-state index contributed by atoms with van der Waals surface area (Å²) in [7, 11) is 7.43. The summed E-state index contributed by atoms with van der Waals surface area (Å²) in [6.45, 7) is 1.99. The number of aromatic nitrogens is 2. The van der Waals surface area contributed by atoms with E-state index in [1.807, 2.05) is 18.2 Å². The van der Waals surface area contributed by atoms with Crippen LogP contribution < -0.4 is 24.6 Å². The largest absolute Gasteiger partial charge is 0.494 e. The Morgan fingerprint density at radius 3 is 2.51 bits per heavy atom. The second kappa shape index (κ2) is 12.0.